The lowest BCUT2D eigenvalue weighted by molar-refractivity contribution is -0.856. The number of para-hydroxylation sites is 3. The maximum Gasteiger partial charge on any atom is 0.273 e. The fraction of sp³-hybridized carbons (Fsp3) is 0.333. The van der Waals surface area contributed by atoms with Crippen LogP contribution >= 0.6 is 11.3 Å². The number of hydrogen-bond acceptors (Lipinski definition) is 6. The molecule has 3 aromatic rings. The zero-order valence-electron chi connectivity index (χ0n) is 16.7. The number of nitrogens with one attached hydrogen (secondary N) is 1. The van der Waals surface area contributed by atoms with E-state index < -0.39 is 6.10 Å². The monoisotopic (exact) mass is 414 g/mol. The molecule has 0 unspecified atom stereocenters. The zero-order valence-corrected chi connectivity index (χ0v) is 17.5. The Balaban J connectivity index is 1.64. The molecule has 1 amide bonds. The summed E-state index contributed by atoms with van der Waals surface area (Å²) in [4.78, 5) is 21.1. The molecular formula is C21H24N3O4S+. The summed E-state index contributed by atoms with van der Waals surface area (Å²) in [6.07, 6.45) is -0.712. The first-order chi connectivity index (χ1) is 14.1. The summed E-state index contributed by atoms with van der Waals surface area (Å²) >= 11 is 1.47. The molecule has 0 saturated carbocycles. The second kappa shape index (κ2) is 8.26. The number of aromatic nitrogens is 1. The number of likely N-dealkylation sites (N-methyl/N-ethyl adjacent to an activating group) is 1. The number of hydrogen-bond donors (Lipinski definition) is 1. The molecule has 1 N–H and O–H groups in total. The van der Waals surface area contributed by atoms with Gasteiger partial charge in [-0.15, -0.1) is 0 Å². The van der Waals surface area contributed by atoms with Crippen LogP contribution in [0, 0.1) is 0 Å². The molecule has 8 heteroatoms. The van der Waals surface area contributed by atoms with Crippen LogP contribution in [0.2, 0.25) is 0 Å². The lowest BCUT2D eigenvalue weighted by atomic mass is 10.2. The number of quaternary nitrogens is 1. The van der Waals surface area contributed by atoms with Crippen molar-refractivity contribution in [1.29, 1.82) is 0 Å². The van der Waals surface area contributed by atoms with E-state index in [4.69, 9.17) is 19.2 Å². The Kier molecular flexibility index (Phi) is 5.55. The van der Waals surface area contributed by atoms with Crippen LogP contribution in [0.3, 0.4) is 0 Å². The number of rotatable bonds is 6. The topological polar surface area (TPSA) is 65.3 Å². The Hall–Kier alpha value is -2.84. The summed E-state index contributed by atoms with van der Waals surface area (Å²) < 4.78 is 18.1. The van der Waals surface area contributed by atoms with Gasteiger partial charge in [-0.25, -0.2) is 4.98 Å². The van der Waals surface area contributed by atoms with Crippen LogP contribution in [0.25, 0.3) is 10.2 Å². The summed E-state index contributed by atoms with van der Waals surface area (Å²) in [6, 6.07) is 13.2. The van der Waals surface area contributed by atoms with E-state index in [9.17, 15) is 4.79 Å². The third-order valence-electron chi connectivity index (χ3n) is 4.71. The van der Waals surface area contributed by atoms with Crippen LogP contribution in [-0.2, 0) is 4.79 Å². The van der Waals surface area contributed by atoms with E-state index in [1.54, 1.807) is 12.0 Å². The van der Waals surface area contributed by atoms with Crippen molar-refractivity contribution in [1.82, 2.24) is 4.98 Å². The number of ether oxygens (including phenoxy) is 3. The Morgan fingerprint density at radius 1 is 1.24 bits per heavy atom. The average Bonchev–Trinajstić information content (AvgIpc) is 3.17. The SMILES string of the molecule is COc1cccc2sc(N(CC[NH+](C)C)C(=O)[C@@H]3COc4ccccc4O3)nc12. The van der Waals surface area contributed by atoms with Gasteiger partial charge in [-0.05, 0) is 24.3 Å². The van der Waals surface area contributed by atoms with Crippen LogP contribution in [0.1, 0.15) is 0 Å². The number of methoxy groups -OCH3 is 1. The van der Waals surface area contributed by atoms with Gasteiger partial charge in [0.25, 0.3) is 5.91 Å². The average molecular weight is 415 g/mol. The first-order valence-electron chi connectivity index (χ1n) is 9.49. The summed E-state index contributed by atoms with van der Waals surface area (Å²) in [6.45, 7) is 1.49. The molecule has 0 saturated heterocycles. The Morgan fingerprint density at radius 3 is 2.79 bits per heavy atom. The van der Waals surface area contributed by atoms with Gasteiger partial charge in [-0.2, -0.15) is 0 Å². The number of fused-ring (bicyclic) bond motifs is 2. The lowest BCUT2D eigenvalue weighted by Crippen LogP contribution is -3.06. The highest BCUT2D eigenvalue weighted by molar-refractivity contribution is 7.22. The first kappa shape index (κ1) is 19.5. The minimum Gasteiger partial charge on any atom is -0.494 e. The molecule has 0 fully saturated rings. The number of carbonyl (C=O) groups is 1. The molecule has 1 atom stereocenters. The van der Waals surface area contributed by atoms with Crippen molar-refractivity contribution >= 4 is 32.6 Å². The first-order valence-corrected chi connectivity index (χ1v) is 10.3. The van der Waals surface area contributed by atoms with E-state index in [2.05, 4.69) is 14.1 Å². The van der Waals surface area contributed by atoms with Crippen molar-refractivity contribution in [3.63, 3.8) is 0 Å². The predicted octanol–water partition coefficient (Wildman–Crippen LogP) is 1.62. The van der Waals surface area contributed by atoms with Gasteiger partial charge in [0.05, 0.1) is 39.0 Å². The molecule has 152 valence electrons. The number of nitrogens with zero attached hydrogens (tertiary/aromatic N) is 2. The van der Waals surface area contributed by atoms with Gasteiger partial charge < -0.3 is 19.1 Å². The second-order valence-corrected chi connectivity index (χ2v) is 8.12. The van der Waals surface area contributed by atoms with Gasteiger partial charge in [0, 0.05) is 0 Å². The third kappa shape index (κ3) is 3.99. The van der Waals surface area contributed by atoms with Crippen LogP contribution in [-0.4, -0.2) is 57.9 Å². The predicted molar refractivity (Wildman–Crippen MR) is 113 cm³/mol. The minimum absolute atomic E-state index is 0.154. The van der Waals surface area contributed by atoms with E-state index in [0.29, 0.717) is 28.9 Å². The van der Waals surface area contributed by atoms with Crippen molar-refractivity contribution < 1.29 is 23.9 Å². The smallest absolute Gasteiger partial charge is 0.273 e. The van der Waals surface area contributed by atoms with E-state index in [1.165, 1.54) is 16.2 Å². The van der Waals surface area contributed by atoms with E-state index in [-0.39, 0.29) is 12.5 Å². The van der Waals surface area contributed by atoms with Gasteiger partial charge in [0.15, 0.2) is 16.6 Å². The molecule has 0 radical (unpaired) electrons. The zero-order chi connectivity index (χ0) is 20.4. The van der Waals surface area contributed by atoms with Gasteiger partial charge >= 0.3 is 0 Å². The fourth-order valence-corrected chi connectivity index (χ4v) is 4.16. The molecule has 2 heterocycles. The highest BCUT2D eigenvalue weighted by Gasteiger charge is 2.33. The summed E-state index contributed by atoms with van der Waals surface area (Å²) in [5.74, 6) is 1.78. The van der Waals surface area contributed by atoms with Crippen LogP contribution in [0.4, 0.5) is 5.13 Å². The molecular weight excluding hydrogens is 390 g/mol. The molecule has 29 heavy (non-hydrogen) atoms. The van der Waals surface area contributed by atoms with Gasteiger partial charge in [-0.1, -0.05) is 29.5 Å². The summed E-state index contributed by atoms with van der Waals surface area (Å²) in [5, 5.41) is 0.637. The maximum atomic E-state index is 13.4. The molecule has 2 aromatic carbocycles. The fourth-order valence-electron chi connectivity index (χ4n) is 3.14. The van der Waals surface area contributed by atoms with Crippen molar-refractivity contribution in [2.75, 3.05) is 45.8 Å². The van der Waals surface area contributed by atoms with Crippen molar-refractivity contribution in [3.05, 3.63) is 42.5 Å². The number of thiazole rings is 1. The quantitative estimate of drug-likeness (QED) is 0.664. The largest absolute Gasteiger partial charge is 0.494 e. The van der Waals surface area contributed by atoms with Crippen LogP contribution in [0.5, 0.6) is 17.2 Å². The van der Waals surface area contributed by atoms with Gasteiger partial charge in [0.1, 0.15) is 17.9 Å². The molecule has 7 nitrogen and oxygen atoms in total. The Labute approximate surface area is 173 Å². The molecule has 0 bridgehead atoms. The number of carbonyl (C=O) groups excluding carboxylic acids is 1. The second-order valence-electron chi connectivity index (χ2n) is 7.11. The normalized spacial score (nSPS) is 15.5. The molecule has 1 aliphatic heterocycles. The van der Waals surface area contributed by atoms with E-state index in [0.717, 1.165) is 16.8 Å². The van der Waals surface area contributed by atoms with E-state index >= 15 is 0 Å². The number of benzene rings is 2. The number of anilines is 1. The highest BCUT2D eigenvalue weighted by atomic mass is 32.1. The van der Waals surface area contributed by atoms with Crippen molar-refractivity contribution in [2.24, 2.45) is 0 Å². The third-order valence-corrected chi connectivity index (χ3v) is 5.75. The van der Waals surface area contributed by atoms with E-state index in [1.807, 2.05) is 42.5 Å². The summed E-state index contributed by atoms with van der Waals surface area (Å²) in [5.41, 5.74) is 0.760. The lowest BCUT2D eigenvalue weighted by Gasteiger charge is -2.29. The molecule has 0 aliphatic carbocycles. The van der Waals surface area contributed by atoms with Crippen molar-refractivity contribution in [3.8, 4) is 17.2 Å². The number of amides is 1. The minimum atomic E-state index is -0.712. The molecule has 1 aromatic heterocycles. The van der Waals surface area contributed by atoms with Crippen molar-refractivity contribution in [2.45, 2.75) is 6.10 Å². The van der Waals surface area contributed by atoms with Crippen LogP contribution < -0.4 is 24.0 Å². The van der Waals surface area contributed by atoms with Crippen LogP contribution in [0.15, 0.2) is 42.5 Å². The highest BCUT2D eigenvalue weighted by Crippen LogP contribution is 2.35. The Morgan fingerprint density at radius 2 is 2.03 bits per heavy atom. The molecule has 4 rings (SSSR count). The maximum absolute atomic E-state index is 13.4. The standard InChI is InChI=1S/C21H23N3O4S/c1-23(2)11-12-24(21-22-19-16(26-3)9-6-10-18(19)29-21)20(25)17-13-27-14-7-4-5-8-15(14)28-17/h4-10,17H,11-13H2,1-3H3/p+1/t17-/m0/s1. The molecule has 0 spiro atoms. The summed E-state index contributed by atoms with van der Waals surface area (Å²) in [7, 11) is 5.73. The van der Waals surface area contributed by atoms with Gasteiger partial charge in [0.2, 0.25) is 6.10 Å². The molecule has 1 aliphatic rings. The Bertz CT molecular complexity index is 1020. The van der Waals surface area contributed by atoms with Gasteiger partial charge in [-0.3, -0.25) is 9.69 Å².